The standard InChI is InChI=1S/C19H31NO/c1-6-8-9-18(15(5)14(3)4)20-19(21)17-12-10-16(7-2)11-13-17/h10-15,18H,6-9H2,1-5H3,(H,20,21). The number of nitrogens with one attached hydrogen (secondary N) is 1. The average molecular weight is 289 g/mol. The van der Waals surface area contributed by atoms with Gasteiger partial charge in [0.25, 0.3) is 5.91 Å². The second-order valence-corrected chi connectivity index (χ2v) is 6.38. The van der Waals surface area contributed by atoms with Gasteiger partial charge < -0.3 is 5.32 Å². The highest BCUT2D eigenvalue weighted by atomic mass is 16.1. The van der Waals surface area contributed by atoms with Crippen molar-refractivity contribution < 1.29 is 4.79 Å². The highest BCUT2D eigenvalue weighted by Gasteiger charge is 2.22. The van der Waals surface area contributed by atoms with Crippen LogP contribution in [0.15, 0.2) is 24.3 Å². The fourth-order valence-corrected chi connectivity index (χ4v) is 2.50. The van der Waals surface area contributed by atoms with E-state index in [-0.39, 0.29) is 11.9 Å². The largest absolute Gasteiger partial charge is 0.349 e. The summed E-state index contributed by atoms with van der Waals surface area (Å²) in [5.41, 5.74) is 2.04. The number of carbonyl (C=O) groups is 1. The molecular weight excluding hydrogens is 258 g/mol. The molecule has 1 rings (SSSR count). The maximum atomic E-state index is 12.4. The Hall–Kier alpha value is -1.31. The second kappa shape index (κ2) is 8.86. The van der Waals surface area contributed by atoms with Crippen molar-refractivity contribution in [1.29, 1.82) is 0 Å². The number of hydrogen-bond donors (Lipinski definition) is 1. The van der Waals surface area contributed by atoms with Crippen molar-refractivity contribution in [3.05, 3.63) is 35.4 Å². The van der Waals surface area contributed by atoms with E-state index < -0.39 is 0 Å². The van der Waals surface area contributed by atoms with Crippen LogP contribution in [0.1, 0.15) is 69.8 Å². The number of amides is 1. The van der Waals surface area contributed by atoms with Gasteiger partial charge in [0.15, 0.2) is 0 Å². The molecule has 1 N–H and O–H groups in total. The highest BCUT2D eigenvalue weighted by Crippen LogP contribution is 2.19. The lowest BCUT2D eigenvalue weighted by molar-refractivity contribution is 0.0911. The van der Waals surface area contributed by atoms with E-state index in [1.165, 1.54) is 12.0 Å². The van der Waals surface area contributed by atoms with Gasteiger partial charge in [0, 0.05) is 11.6 Å². The molecule has 0 aliphatic heterocycles. The van der Waals surface area contributed by atoms with Gasteiger partial charge in [-0.1, -0.05) is 59.6 Å². The Morgan fingerprint density at radius 3 is 2.19 bits per heavy atom. The topological polar surface area (TPSA) is 29.1 Å². The van der Waals surface area contributed by atoms with Crippen LogP contribution in [0.2, 0.25) is 0 Å². The molecule has 0 heterocycles. The molecule has 2 atom stereocenters. The summed E-state index contributed by atoms with van der Waals surface area (Å²) in [5, 5.41) is 3.25. The van der Waals surface area contributed by atoms with Crippen molar-refractivity contribution in [3.63, 3.8) is 0 Å². The van der Waals surface area contributed by atoms with Crippen molar-refractivity contribution in [3.8, 4) is 0 Å². The number of unbranched alkanes of at least 4 members (excludes halogenated alkanes) is 1. The minimum atomic E-state index is 0.0613. The van der Waals surface area contributed by atoms with E-state index in [0.29, 0.717) is 11.8 Å². The Balaban J connectivity index is 2.73. The summed E-state index contributed by atoms with van der Waals surface area (Å²) in [4.78, 5) is 12.4. The molecule has 0 aromatic heterocycles. The van der Waals surface area contributed by atoms with Crippen molar-refractivity contribution in [2.24, 2.45) is 11.8 Å². The Labute approximate surface area is 130 Å². The molecule has 118 valence electrons. The second-order valence-electron chi connectivity index (χ2n) is 6.38. The molecule has 0 spiro atoms. The molecule has 1 aromatic carbocycles. The van der Waals surface area contributed by atoms with Gasteiger partial charge in [0.1, 0.15) is 0 Å². The molecule has 1 aromatic rings. The van der Waals surface area contributed by atoms with Crippen LogP contribution in [-0.4, -0.2) is 11.9 Å². The van der Waals surface area contributed by atoms with Crippen molar-refractivity contribution >= 4 is 5.91 Å². The van der Waals surface area contributed by atoms with Crippen LogP contribution < -0.4 is 5.32 Å². The lowest BCUT2D eigenvalue weighted by Crippen LogP contribution is -2.41. The van der Waals surface area contributed by atoms with Crippen LogP contribution in [0.5, 0.6) is 0 Å². The third-order valence-corrected chi connectivity index (χ3v) is 4.50. The quantitative estimate of drug-likeness (QED) is 0.729. The molecule has 2 heteroatoms. The first-order valence-corrected chi connectivity index (χ1v) is 8.39. The van der Waals surface area contributed by atoms with Crippen LogP contribution >= 0.6 is 0 Å². The first-order valence-electron chi connectivity index (χ1n) is 8.39. The molecule has 0 fully saturated rings. The molecule has 21 heavy (non-hydrogen) atoms. The SMILES string of the molecule is CCCCC(NC(=O)c1ccc(CC)cc1)C(C)C(C)C. The highest BCUT2D eigenvalue weighted by molar-refractivity contribution is 5.94. The van der Waals surface area contributed by atoms with Gasteiger partial charge in [-0.15, -0.1) is 0 Å². The number of hydrogen-bond acceptors (Lipinski definition) is 1. The first-order chi connectivity index (χ1) is 9.99. The Morgan fingerprint density at radius 2 is 1.71 bits per heavy atom. The zero-order valence-corrected chi connectivity index (χ0v) is 14.3. The zero-order chi connectivity index (χ0) is 15.8. The monoisotopic (exact) mass is 289 g/mol. The van der Waals surface area contributed by atoms with E-state index in [2.05, 4.69) is 39.9 Å². The molecule has 0 saturated heterocycles. The van der Waals surface area contributed by atoms with Gasteiger partial charge in [-0.3, -0.25) is 4.79 Å². The first kappa shape index (κ1) is 17.7. The third-order valence-electron chi connectivity index (χ3n) is 4.50. The fourth-order valence-electron chi connectivity index (χ4n) is 2.50. The van der Waals surface area contributed by atoms with Crippen LogP contribution in [0.3, 0.4) is 0 Å². The molecule has 0 aliphatic rings. The summed E-state index contributed by atoms with van der Waals surface area (Å²) in [6.45, 7) is 11.0. The van der Waals surface area contributed by atoms with Gasteiger partial charge in [0.2, 0.25) is 0 Å². The Kier molecular flexibility index (Phi) is 7.49. The molecule has 2 unspecified atom stereocenters. The van der Waals surface area contributed by atoms with Gasteiger partial charge in [0.05, 0.1) is 0 Å². The van der Waals surface area contributed by atoms with Crippen molar-refractivity contribution in [2.45, 2.75) is 66.3 Å². The summed E-state index contributed by atoms with van der Waals surface area (Å²) in [6.07, 6.45) is 4.40. The van der Waals surface area contributed by atoms with Crippen LogP contribution in [0.25, 0.3) is 0 Å². The van der Waals surface area contributed by atoms with E-state index in [0.717, 1.165) is 24.8 Å². The number of carbonyl (C=O) groups excluding carboxylic acids is 1. The van der Waals surface area contributed by atoms with E-state index in [4.69, 9.17) is 0 Å². The molecule has 0 radical (unpaired) electrons. The van der Waals surface area contributed by atoms with E-state index in [1.54, 1.807) is 0 Å². The predicted molar refractivity (Wildman–Crippen MR) is 90.6 cm³/mol. The average Bonchev–Trinajstić information content (AvgIpc) is 2.50. The zero-order valence-electron chi connectivity index (χ0n) is 14.3. The summed E-state index contributed by atoms with van der Waals surface area (Å²) in [5.74, 6) is 1.14. The Bertz CT molecular complexity index is 422. The summed E-state index contributed by atoms with van der Waals surface area (Å²) >= 11 is 0. The van der Waals surface area contributed by atoms with Crippen molar-refractivity contribution in [1.82, 2.24) is 5.32 Å². The normalized spacial score (nSPS) is 14.0. The molecular formula is C19H31NO. The lowest BCUT2D eigenvalue weighted by atomic mass is 9.87. The van der Waals surface area contributed by atoms with Gasteiger partial charge in [-0.05, 0) is 42.4 Å². The molecule has 0 saturated carbocycles. The van der Waals surface area contributed by atoms with Gasteiger partial charge in [-0.25, -0.2) is 0 Å². The van der Waals surface area contributed by atoms with Crippen LogP contribution in [0, 0.1) is 11.8 Å². The van der Waals surface area contributed by atoms with Crippen LogP contribution in [0.4, 0.5) is 0 Å². The summed E-state index contributed by atoms with van der Waals surface area (Å²) in [7, 11) is 0. The lowest BCUT2D eigenvalue weighted by Gasteiger charge is -2.28. The summed E-state index contributed by atoms with van der Waals surface area (Å²) in [6, 6.07) is 8.23. The fraction of sp³-hybridized carbons (Fsp3) is 0.632. The van der Waals surface area contributed by atoms with Gasteiger partial charge in [-0.2, -0.15) is 0 Å². The van der Waals surface area contributed by atoms with E-state index in [9.17, 15) is 4.79 Å². The number of aryl methyl sites for hydroxylation is 1. The molecule has 2 nitrogen and oxygen atoms in total. The number of rotatable bonds is 8. The predicted octanol–water partition coefficient (Wildman–Crippen LogP) is 4.83. The maximum absolute atomic E-state index is 12.4. The van der Waals surface area contributed by atoms with E-state index in [1.807, 2.05) is 24.3 Å². The molecule has 1 amide bonds. The van der Waals surface area contributed by atoms with E-state index >= 15 is 0 Å². The smallest absolute Gasteiger partial charge is 0.251 e. The molecule has 0 aliphatic carbocycles. The molecule has 0 bridgehead atoms. The van der Waals surface area contributed by atoms with Crippen LogP contribution in [-0.2, 0) is 6.42 Å². The van der Waals surface area contributed by atoms with Gasteiger partial charge >= 0.3 is 0 Å². The minimum absolute atomic E-state index is 0.0613. The maximum Gasteiger partial charge on any atom is 0.251 e. The number of benzene rings is 1. The Morgan fingerprint density at radius 1 is 1.10 bits per heavy atom. The third kappa shape index (κ3) is 5.53. The van der Waals surface area contributed by atoms with Crippen molar-refractivity contribution in [2.75, 3.05) is 0 Å². The summed E-state index contributed by atoms with van der Waals surface area (Å²) < 4.78 is 0. The minimum Gasteiger partial charge on any atom is -0.349 e.